The fourth-order valence-corrected chi connectivity index (χ4v) is 0.790. The van der Waals surface area contributed by atoms with E-state index < -0.39 is 0 Å². The number of imidazole rings is 1. The summed E-state index contributed by atoms with van der Waals surface area (Å²) < 4.78 is 1.14. The Bertz CT molecular complexity index is 316. The summed E-state index contributed by atoms with van der Waals surface area (Å²) in [5.41, 5.74) is 0.176. The summed E-state index contributed by atoms with van der Waals surface area (Å²) in [5, 5.41) is 2.41. The first-order valence-corrected chi connectivity index (χ1v) is 3.22. The molecule has 64 valence electrons. The van der Waals surface area contributed by atoms with Crippen LogP contribution in [-0.2, 0) is 0 Å². The molecule has 0 atom stereocenters. The number of rotatable bonds is 2. The Hall–Kier alpha value is -1.85. The lowest BCUT2D eigenvalue weighted by molar-refractivity contribution is 0.0959. The van der Waals surface area contributed by atoms with Gasteiger partial charge in [0.05, 0.1) is 0 Å². The summed E-state index contributed by atoms with van der Waals surface area (Å²) in [6.45, 7) is 3.27. The molecule has 0 unspecified atom stereocenters. The molecule has 1 aromatic heterocycles. The lowest BCUT2D eigenvalue weighted by Crippen LogP contribution is -2.18. The smallest absolute Gasteiger partial charge is 0.273 e. The third-order valence-electron chi connectivity index (χ3n) is 1.36. The number of amides is 1. The van der Waals surface area contributed by atoms with E-state index in [-0.39, 0.29) is 17.4 Å². The number of hydrogen-bond donors (Lipinski definition) is 2. The molecule has 0 saturated carbocycles. The number of nitrogens with one attached hydrogen (secondary N) is 1. The van der Waals surface area contributed by atoms with Gasteiger partial charge < -0.3 is 11.2 Å². The maximum Gasteiger partial charge on any atom is 0.273 e. The van der Waals surface area contributed by atoms with Gasteiger partial charge in [0.15, 0.2) is 11.5 Å². The lowest BCUT2D eigenvalue weighted by Gasteiger charge is -1.97. The van der Waals surface area contributed by atoms with Crippen LogP contribution in [0.4, 0.5) is 5.82 Å². The van der Waals surface area contributed by atoms with Crippen molar-refractivity contribution in [3.8, 4) is 0 Å². The van der Waals surface area contributed by atoms with E-state index in [2.05, 4.69) is 22.0 Å². The zero-order valence-electron chi connectivity index (χ0n) is 6.61. The first-order chi connectivity index (χ1) is 5.70. The summed E-state index contributed by atoms with van der Waals surface area (Å²) in [4.78, 5) is 18.4. The maximum absolute atomic E-state index is 11.1. The van der Waals surface area contributed by atoms with Crippen molar-refractivity contribution >= 4 is 18.4 Å². The number of aromatic nitrogens is 2. The predicted molar refractivity (Wildman–Crippen MR) is 45.0 cm³/mol. The Labute approximate surface area is 69.1 Å². The monoisotopic (exact) mass is 167 g/mol. The molecule has 1 aromatic rings. The van der Waals surface area contributed by atoms with E-state index in [1.165, 1.54) is 13.4 Å². The molecular weight excluding hydrogens is 158 g/mol. The lowest BCUT2D eigenvalue weighted by atomic mass is 10.4. The highest BCUT2D eigenvalue weighted by atomic mass is 16.1. The van der Waals surface area contributed by atoms with E-state index in [0.29, 0.717) is 0 Å². The van der Waals surface area contributed by atoms with Gasteiger partial charge in [0.1, 0.15) is 6.33 Å². The first kappa shape index (κ1) is 8.25. The number of carbonyl (C=O) groups is 1. The highest BCUT2D eigenvalue weighted by molar-refractivity contribution is 5.96. The molecule has 1 heterocycles. The molecule has 1 rings (SSSR count). The fraction of sp³-hybridized carbons (Fsp3) is 0.167. The molecule has 0 radical (unpaired) electrons. The minimum Gasteiger partial charge on any atom is -0.354 e. The summed E-state index contributed by atoms with van der Waals surface area (Å²) >= 11 is 0. The SMILES string of the molecule is C=Nc1c(C(=O)NC)ncn1N. The molecule has 0 aliphatic heterocycles. The molecule has 0 bridgehead atoms. The van der Waals surface area contributed by atoms with Crippen molar-refractivity contribution in [2.75, 3.05) is 12.9 Å². The summed E-state index contributed by atoms with van der Waals surface area (Å²) in [7, 11) is 1.50. The summed E-state index contributed by atoms with van der Waals surface area (Å²) in [6.07, 6.45) is 1.30. The highest BCUT2D eigenvalue weighted by Crippen LogP contribution is 2.13. The molecule has 6 nitrogen and oxygen atoms in total. The second kappa shape index (κ2) is 3.04. The zero-order valence-corrected chi connectivity index (χ0v) is 6.61. The van der Waals surface area contributed by atoms with E-state index in [1.54, 1.807) is 0 Å². The van der Waals surface area contributed by atoms with Gasteiger partial charge in [-0.3, -0.25) is 4.79 Å². The third kappa shape index (κ3) is 1.14. The third-order valence-corrected chi connectivity index (χ3v) is 1.36. The number of nitrogens with zero attached hydrogens (tertiary/aromatic N) is 3. The van der Waals surface area contributed by atoms with Crippen LogP contribution >= 0.6 is 0 Å². The average Bonchev–Trinajstić information content (AvgIpc) is 2.45. The standard InChI is InChI=1S/C6H9N5O/c1-8-5-4(6(12)9-2)10-3-11(5)7/h3H,1,7H2,2H3,(H,9,12). The van der Waals surface area contributed by atoms with Gasteiger partial charge in [-0.1, -0.05) is 0 Å². The van der Waals surface area contributed by atoms with Crippen molar-refractivity contribution in [2.45, 2.75) is 0 Å². The van der Waals surface area contributed by atoms with Crippen LogP contribution in [0.5, 0.6) is 0 Å². The van der Waals surface area contributed by atoms with Crippen molar-refractivity contribution in [2.24, 2.45) is 4.99 Å². The van der Waals surface area contributed by atoms with Gasteiger partial charge in [0.25, 0.3) is 5.91 Å². The normalized spacial score (nSPS) is 9.42. The average molecular weight is 167 g/mol. The Balaban J connectivity index is 3.15. The van der Waals surface area contributed by atoms with Crippen molar-refractivity contribution in [1.82, 2.24) is 15.0 Å². The van der Waals surface area contributed by atoms with Crippen LogP contribution in [-0.4, -0.2) is 29.3 Å². The number of hydrogen-bond acceptors (Lipinski definition) is 4. The van der Waals surface area contributed by atoms with Gasteiger partial charge in [-0.2, -0.15) is 0 Å². The van der Waals surface area contributed by atoms with Crippen LogP contribution < -0.4 is 11.2 Å². The number of aliphatic imine (C=N–C) groups is 1. The second-order valence-electron chi connectivity index (χ2n) is 2.06. The molecule has 0 fully saturated rings. The molecule has 3 N–H and O–H groups in total. The van der Waals surface area contributed by atoms with Crippen molar-refractivity contribution < 1.29 is 4.79 Å². The molecular formula is C6H9N5O. The summed E-state index contributed by atoms with van der Waals surface area (Å²) in [5.74, 6) is 5.31. The van der Waals surface area contributed by atoms with Crippen molar-refractivity contribution in [1.29, 1.82) is 0 Å². The Kier molecular flexibility index (Phi) is 2.09. The quantitative estimate of drug-likeness (QED) is 0.450. The fourth-order valence-electron chi connectivity index (χ4n) is 0.790. The number of nitrogen functional groups attached to an aromatic ring is 1. The van der Waals surface area contributed by atoms with Gasteiger partial charge in [0, 0.05) is 7.05 Å². The van der Waals surface area contributed by atoms with Crippen LogP contribution in [0.1, 0.15) is 10.5 Å². The van der Waals surface area contributed by atoms with Gasteiger partial charge in [-0.05, 0) is 6.72 Å². The predicted octanol–water partition coefficient (Wildman–Crippen LogP) is -0.711. The highest BCUT2D eigenvalue weighted by Gasteiger charge is 2.13. The van der Waals surface area contributed by atoms with Gasteiger partial charge in [-0.15, -0.1) is 0 Å². The van der Waals surface area contributed by atoms with Gasteiger partial charge in [0.2, 0.25) is 0 Å². The number of carbonyl (C=O) groups excluding carboxylic acids is 1. The molecule has 12 heavy (non-hydrogen) atoms. The molecule has 6 heteroatoms. The molecule has 1 amide bonds. The van der Waals surface area contributed by atoms with E-state index in [1.807, 2.05) is 0 Å². The van der Waals surface area contributed by atoms with E-state index in [0.717, 1.165) is 4.68 Å². The molecule has 0 aromatic carbocycles. The number of nitrogens with two attached hydrogens (primary N) is 1. The molecule has 0 aliphatic carbocycles. The minimum absolute atomic E-state index is 0.176. The van der Waals surface area contributed by atoms with Crippen LogP contribution in [0, 0.1) is 0 Å². The molecule has 0 aliphatic rings. The van der Waals surface area contributed by atoms with Crippen LogP contribution in [0.15, 0.2) is 11.3 Å². The second-order valence-corrected chi connectivity index (χ2v) is 2.06. The van der Waals surface area contributed by atoms with Crippen LogP contribution in [0.3, 0.4) is 0 Å². The summed E-state index contributed by atoms with van der Waals surface area (Å²) in [6, 6.07) is 0. The topological polar surface area (TPSA) is 85.3 Å². The van der Waals surface area contributed by atoms with Gasteiger partial charge >= 0.3 is 0 Å². The first-order valence-electron chi connectivity index (χ1n) is 3.22. The Morgan fingerprint density at radius 1 is 1.92 bits per heavy atom. The van der Waals surface area contributed by atoms with Crippen LogP contribution in [0.25, 0.3) is 0 Å². The zero-order chi connectivity index (χ0) is 9.14. The van der Waals surface area contributed by atoms with Gasteiger partial charge in [-0.25, -0.2) is 14.7 Å². The largest absolute Gasteiger partial charge is 0.354 e. The van der Waals surface area contributed by atoms with Crippen molar-refractivity contribution in [3.05, 3.63) is 12.0 Å². The van der Waals surface area contributed by atoms with E-state index in [4.69, 9.17) is 5.84 Å². The maximum atomic E-state index is 11.1. The Morgan fingerprint density at radius 3 is 3.08 bits per heavy atom. The molecule has 0 spiro atoms. The van der Waals surface area contributed by atoms with Crippen LogP contribution in [0.2, 0.25) is 0 Å². The van der Waals surface area contributed by atoms with E-state index in [9.17, 15) is 4.79 Å². The minimum atomic E-state index is -0.332. The van der Waals surface area contributed by atoms with Crippen molar-refractivity contribution in [3.63, 3.8) is 0 Å². The van der Waals surface area contributed by atoms with E-state index >= 15 is 0 Å². The Morgan fingerprint density at radius 2 is 2.58 bits per heavy atom. The molecule has 0 saturated heterocycles.